The number of aromatic nitrogens is 1. The Balaban J connectivity index is 1.60. The number of nitrogens with zero attached hydrogens (tertiary/aromatic N) is 4. The van der Waals surface area contributed by atoms with Crippen LogP contribution in [0.4, 0.5) is 5.82 Å². The van der Waals surface area contributed by atoms with Gasteiger partial charge in [0.15, 0.2) is 11.5 Å². The van der Waals surface area contributed by atoms with E-state index in [1.165, 1.54) is 0 Å². The minimum Gasteiger partial charge on any atom is -0.454 e. The van der Waals surface area contributed by atoms with Gasteiger partial charge in [-0.1, -0.05) is 12.1 Å². The van der Waals surface area contributed by atoms with Crippen molar-refractivity contribution in [3.63, 3.8) is 0 Å². The number of carbonyl (C=O) groups excluding carboxylic acids is 1. The maximum Gasteiger partial charge on any atom is 0.254 e. The van der Waals surface area contributed by atoms with Gasteiger partial charge in [-0.25, -0.2) is 4.98 Å². The summed E-state index contributed by atoms with van der Waals surface area (Å²) in [6.45, 7) is 1.91. The van der Waals surface area contributed by atoms with Gasteiger partial charge in [-0.15, -0.1) is 0 Å². The molecule has 0 saturated carbocycles. The second-order valence-electron chi connectivity index (χ2n) is 9.28. The second-order valence-corrected chi connectivity index (χ2v) is 9.28. The van der Waals surface area contributed by atoms with Gasteiger partial charge in [-0.2, -0.15) is 0 Å². The first-order valence-electron chi connectivity index (χ1n) is 11.4. The second kappa shape index (κ2) is 8.56. The van der Waals surface area contributed by atoms with Gasteiger partial charge in [0.25, 0.3) is 5.91 Å². The molecule has 1 saturated heterocycles. The molecule has 5 rings (SSSR count). The van der Waals surface area contributed by atoms with Crippen molar-refractivity contribution in [3.8, 4) is 22.6 Å². The molecule has 0 N–H and O–H groups in total. The van der Waals surface area contributed by atoms with Crippen molar-refractivity contribution in [2.24, 2.45) is 0 Å². The molecule has 7 nitrogen and oxygen atoms in total. The molecule has 1 atom stereocenters. The molecule has 1 fully saturated rings. The van der Waals surface area contributed by atoms with Crippen LogP contribution >= 0.6 is 0 Å². The third-order valence-electron chi connectivity index (χ3n) is 6.40. The van der Waals surface area contributed by atoms with E-state index in [1.807, 2.05) is 60.3 Å². The van der Waals surface area contributed by atoms with Crippen LogP contribution in [0.25, 0.3) is 22.0 Å². The molecule has 7 heteroatoms. The van der Waals surface area contributed by atoms with Crippen LogP contribution in [0.5, 0.6) is 11.5 Å². The van der Waals surface area contributed by atoms with Crippen LogP contribution in [0, 0.1) is 0 Å². The fourth-order valence-corrected chi connectivity index (χ4v) is 4.74. The molecule has 33 heavy (non-hydrogen) atoms. The highest BCUT2D eigenvalue weighted by Gasteiger charge is 2.31. The Kier molecular flexibility index (Phi) is 5.58. The molecular formula is C26H30N4O3. The highest BCUT2D eigenvalue weighted by Crippen LogP contribution is 2.37. The van der Waals surface area contributed by atoms with Gasteiger partial charge in [0.1, 0.15) is 5.82 Å². The quantitative estimate of drug-likeness (QED) is 0.593. The lowest BCUT2D eigenvalue weighted by Gasteiger charge is -2.28. The van der Waals surface area contributed by atoms with Crippen LogP contribution in [0.15, 0.2) is 42.5 Å². The molecule has 2 aromatic carbocycles. The van der Waals surface area contributed by atoms with Crippen LogP contribution in [0.3, 0.4) is 0 Å². The van der Waals surface area contributed by atoms with E-state index in [1.54, 1.807) is 0 Å². The lowest BCUT2D eigenvalue weighted by molar-refractivity contribution is 0.0718. The molecule has 172 valence electrons. The average Bonchev–Trinajstić information content (AvgIpc) is 3.45. The zero-order chi connectivity index (χ0) is 23.1. The maximum absolute atomic E-state index is 13.9. The fourth-order valence-electron chi connectivity index (χ4n) is 4.74. The fraction of sp³-hybridized carbons (Fsp3) is 0.385. The van der Waals surface area contributed by atoms with Crippen LogP contribution in [-0.2, 0) is 0 Å². The summed E-state index contributed by atoms with van der Waals surface area (Å²) >= 11 is 0. The number of fused-ring (bicyclic) bond motifs is 2. The van der Waals surface area contributed by atoms with Gasteiger partial charge in [0.2, 0.25) is 6.79 Å². The summed E-state index contributed by atoms with van der Waals surface area (Å²) in [4.78, 5) is 24.8. The molecule has 0 bridgehead atoms. The number of likely N-dealkylation sites (tertiary alicyclic amines) is 1. The number of hydrogen-bond donors (Lipinski definition) is 0. The summed E-state index contributed by atoms with van der Waals surface area (Å²) in [5, 5.41) is 0.872. The summed E-state index contributed by atoms with van der Waals surface area (Å²) in [5.41, 5.74) is 3.55. The topological polar surface area (TPSA) is 58.1 Å². The Labute approximate surface area is 194 Å². The van der Waals surface area contributed by atoms with Crippen LogP contribution in [0.1, 0.15) is 23.2 Å². The van der Waals surface area contributed by atoms with E-state index in [4.69, 9.17) is 14.5 Å². The van der Waals surface area contributed by atoms with Crippen molar-refractivity contribution in [3.05, 3.63) is 48.0 Å². The Morgan fingerprint density at radius 2 is 1.79 bits per heavy atom. The third-order valence-corrected chi connectivity index (χ3v) is 6.40. The highest BCUT2D eigenvalue weighted by atomic mass is 16.7. The molecule has 2 aliphatic heterocycles. The Bertz CT molecular complexity index is 1210. The molecular weight excluding hydrogens is 416 g/mol. The normalized spacial score (nSPS) is 17.2. The summed E-state index contributed by atoms with van der Waals surface area (Å²) < 4.78 is 11.0. The van der Waals surface area contributed by atoms with E-state index < -0.39 is 0 Å². The minimum atomic E-state index is 0.0812. The Morgan fingerprint density at radius 1 is 1.03 bits per heavy atom. The van der Waals surface area contributed by atoms with Gasteiger partial charge in [0, 0.05) is 38.6 Å². The number of carbonyl (C=O) groups is 1. The number of ether oxygens (including phenoxy) is 2. The number of amides is 1. The zero-order valence-electron chi connectivity index (χ0n) is 19.7. The third kappa shape index (κ3) is 4.09. The number of hydrogen-bond acceptors (Lipinski definition) is 6. The SMILES string of the molecule is CN(C)C[C@@H]1CCCN1C(=O)c1cc(N(C)C)nc2ccc(-c3ccc4c(c3)OCO4)cc12. The van der Waals surface area contributed by atoms with Crippen molar-refractivity contribution in [1.82, 2.24) is 14.8 Å². The van der Waals surface area contributed by atoms with Crippen LogP contribution < -0.4 is 14.4 Å². The first-order valence-corrected chi connectivity index (χ1v) is 11.4. The van der Waals surface area contributed by atoms with Crippen molar-refractivity contribution < 1.29 is 14.3 Å². The summed E-state index contributed by atoms with van der Waals surface area (Å²) in [6.07, 6.45) is 2.08. The number of rotatable bonds is 5. The van der Waals surface area contributed by atoms with Gasteiger partial charge in [-0.3, -0.25) is 4.79 Å². The van der Waals surface area contributed by atoms with E-state index in [0.717, 1.165) is 65.3 Å². The molecule has 0 radical (unpaired) electrons. The van der Waals surface area contributed by atoms with E-state index >= 15 is 0 Å². The Hall–Kier alpha value is -3.32. The van der Waals surface area contributed by atoms with Crippen molar-refractivity contribution >= 4 is 22.6 Å². The largest absolute Gasteiger partial charge is 0.454 e. The summed E-state index contributed by atoms with van der Waals surface area (Å²) in [6, 6.07) is 14.2. The van der Waals surface area contributed by atoms with Gasteiger partial charge in [0.05, 0.1) is 11.1 Å². The number of pyridine rings is 1. The lowest BCUT2D eigenvalue weighted by Crippen LogP contribution is -2.41. The molecule has 2 aliphatic rings. The predicted molar refractivity (Wildman–Crippen MR) is 130 cm³/mol. The predicted octanol–water partition coefficient (Wildman–Crippen LogP) is 3.86. The van der Waals surface area contributed by atoms with Crippen molar-refractivity contribution in [2.45, 2.75) is 18.9 Å². The molecule has 0 unspecified atom stereocenters. The summed E-state index contributed by atoms with van der Waals surface area (Å²) in [5.74, 6) is 2.37. The molecule has 0 aliphatic carbocycles. The first kappa shape index (κ1) is 21.5. The highest BCUT2D eigenvalue weighted by molar-refractivity contribution is 6.08. The first-order chi connectivity index (χ1) is 15.9. The van der Waals surface area contributed by atoms with Crippen LogP contribution in [-0.4, -0.2) is 74.8 Å². The monoisotopic (exact) mass is 446 g/mol. The zero-order valence-corrected chi connectivity index (χ0v) is 19.7. The standard InChI is InChI=1S/C26H30N4O3/c1-28(2)15-19-6-5-11-30(19)26(31)21-14-25(29(3)4)27-22-9-7-17(12-20(21)22)18-8-10-23-24(13-18)33-16-32-23/h7-10,12-14,19H,5-6,11,15-16H2,1-4H3/t19-/m0/s1. The van der Waals surface area contributed by atoms with Crippen molar-refractivity contribution in [1.29, 1.82) is 0 Å². The minimum absolute atomic E-state index is 0.0812. The molecule has 3 heterocycles. The smallest absolute Gasteiger partial charge is 0.254 e. The van der Waals surface area contributed by atoms with Gasteiger partial charge >= 0.3 is 0 Å². The summed E-state index contributed by atoms with van der Waals surface area (Å²) in [7, 11) is 8.03. The molecule has 3 aromatic rings. The van der Waals surface area contributed by atoms with E-state index in [2.05, 4.69) is 25.1 Å². The van der Waals surface area contributed by atoms with Crippen molar-refractivity contribution in [2.75, 3.05) is 53.0 Å². The molecule has 0 spiro atoms. The van der Waals surface area contributed by atoms with Gasteiger partial charge < -0.3 is 24.2 Å². The number of benzene rings is 2. The molecule has 1 aromatic heterocycles. The number of anilines is 1. The number of likely N-dealkylation sites (N-methyl/N-ethyl adjacent to an activating group) is 1. The maximum atomic E-state index is 13.9. The van der Waals surface area contributed by atoms with E-state index in [9.17, 15) is 4.79 Å². The molecule has 1 amide bonds. The Morgan fingerprint density at radius 3 is 2.58 bits per heavy atom. The van der Waals surface area contributed by atoms with E-state index in [-0.39, 0.29) is 18.7 Å². The average molecular weight is 447 g/mol. The van der Waals surface area contributed by atoms with Crippen LogP contribution in [0.2, 0.25) is 0 Å². The van der Waals surface area contributed by atoms with Gasteiger partial charge in [-0.05, 0) is 68.4 Å². The van der Waals surface area contributed by atoms with E-state index in [0.29, 0.717) is 5.56 Å². The lowest BCUT2D eigenvalue weighted by atomic mass is 9.99.